The van der Waals surface area contributed by atoms with Crippen molar-refractivity contribution in [1.29, 1.82) is 0 Å². The van der Waals surface area contributed by atoms with E-state index < -0.39 is 42.0 Å². The van der Waals surface area contributed by atoms with Gasteiger partial charge in [-0.15, -0.1) is 0 Å². The van der Waals surface area contributed by atoms with Crippen LogP contribution in [-0.2, 0) is 14.3 Å². The van der Waals surface area contributed by atoms with Gasteiger partial charge in [-0.2, -0.15) is 13.2 Å². The second-order valence-electron chi connectivity index (χ2n) is 7.89. The number of carbonyl (C=O) groups is 3. The molecule has 0 saturated heterocycles. The van der Waals surface area contributed by atoms with Crippen LogP contribution in [-0.4, -0.2) is 36.6 Å². The van der Waals surface area contributed by atoms with Crippen LogP contribution in [0.1, 0.15) is 48.1 Å². The number of methoxy groups -OCH3 is 1. The summed E-state index contributed by atoms with van der Waals surface area (Å²) in [5.41, 5.74) is 0.958. The minimum Gasteiger partial charge on any atom is -0.465 e. The van der Waals surface area contributed by atoms with E-state index in [0.717, 1.165) is 5.56 Å². The molecule has 0 spiro atoms. The number of halogens is 4. The molecular weight excluding hydrogens is 461 g/mol. The number of nitrogens with one attached hydrogen (secondary N) is 2. The maximum absolute atomic E-state index is 12.6. The van der Waals surface area contributed by atoms with Gasteiger partial charge in [0.1, 0.15) is 12.0 Å². The lowest BCUT2D eigenvalue weighted by Crippen LogP contribution is -2.50. The van der Waals surface area contributed by atoms with Crippen molar-refractivity contribution >= 4 is 29.4 Å². The van der Waals surface area contributed by atoms with Gasteiger partial charge in [-0.1, -0.05) is 48.0 Å². The maximum atomic E-state index is 12.6. The molecular formula is C23H22ClF3N2O4. The maximum Gasteiger partial charge on any atom is 0.397 e. The zero-order chi connectivity index (χ0) is 24.4. The van der Waals surface area contributed by atoms with E-state index in [0.29, 0.717) is 11.1 Å². The third-order valence-electron chi connectivity index (χ3n) is 5.40. The van der Waals surface area contributed by atoms with Gasteiger partial charge in [0, 0.05) is 0 Å². The van der Waals surface area contributed by atoms with Crippen molar-refractivity contribution in [1.82, 2.24) is 10.6 Å². The molecule has 176 valence electrons. The standard InChI is InChI=1S/C23H22ClF3N2O4/c1-13(28-21(32)22(10-11-22)29-18(30)12-23(25,26)27)14-6-8-15(9-7-14)16-4-3-5-17(24)19(16)20(31)33-2/h3-9,13H,10-12H2,1-2H3,(H,28,32)(H,29,30)/t13-/m1/s1. The molecule has 1 aliphatic carbocycles. The highest BCUT2D eigenvalue weighted by Crippen LogP contribution is 2.37. The summed E-state index contributed by atoms with van der Waals surface area (Å²) in [5.74, 6) is -2.32. The predicted octanol–water partition coefficient (Wildman–Crippen LogP) is 4.57. The Morgan fingerprint density at radius 2 is 1.76 bits per heavy atom. The summed E-state index contributed by atoms with van der Waals surface area (Å²) in [6.07, 6.45) is -5.71. The Kier molecular flexibility index (Phi) is 7.02. The number of hydrogen-bond acceptors (Lipinski definition) is 4. The zero-order valence-corrected chi connectivity index (χ0v) is 18.6. The Bertz CT molecular complexity index is 1070. The molecule has 2 aromatic rings. The Labute approximate surface area is 193 Å². The van der Waals surface area contributed by atoms with Crippen LogP contribution >= 0.6 is 11.6 Å². The number of esters is 1. The normalized spacial score (nSPS) is 15.3. The van der Waals surface area contributed by atoms with E-state index in [9.17, 15) is 27.6 Å². The largest absolute Gasteiger partial charge is 0.465 e. The Morgan fingerprint density at radius 1 is 1.12 bits per heavy atom. The first-order chi connectivity index (χ1) is 15.5. The van der Waals surface area contributed by atoms with Crippen LogP contribution in [0.5, 0.6) is 0 Å². The van der Waals surface area contributed by atoms with Crippen molar-refractivity contribution in [3.05, 3.63) is 58.6 Å². The number of carbonyl (C=O) groups excluding carboxylic acids is 3. The molecule has 0 bridgehead atoms. The van der Waals surface area contributed by atoms with Crippen molar-refractivity contribution in [3.63, 3.8) is 0 Å². The van der Waals surface area contributed by atoms with Crippen molar-refractivity contribution in [2.75, 3.05) is 7.11 Å². The van der Waals surface area contributed by atoms with Gasteiger partial charge < -0.3 is 15.4 Å². The van der Waals surface area contributed by atoms with Gasteiger partial charge in [0.25, 0.3) is 0 Å². The lowest BCUT2D eigenvalue weighted by Gasteiger charge is -2.21. The number of hydrogen-bond donors (Lipinski definition) is 2. The first-order valence-electron chi connectivity index (χ1n) is 10.1. The average molecular weight is 483 g/mol. The van der Waals surface area contributed by atoms with E-state index in [-0.39, 0.29) is 23.4 Å². The third-order valence-corrected chi connectivity index (χ3v) is 5.71. The fourth-order valence-electron chi connectivity index (χ4n) is 3.47. The van der Waals surface area contributed by atoms with Gasteiger partial charge in [-0.05, 0) is 42.5 Å². The van der Waals surface area contributed by atoms with Crippen molar-refractivity contribution in [2.45, 2.75) is 43.9 Å². The van der Waals surface area contributed by atoms with E-state index in [1.807, 2.05) is 0 Å². The van der Waals surface area contributed by atoms with Crippen LogP contribution < -0.4 is 10.6 Å². The molecule has 2 aromatic carbocycles. The molecule has 33 heavy (non-hydrogen) atoms. The summed E-state index contributed by atoms with van der Waals surface area (Å²) in [6, 6.07) is 11.6. The number of benzene rings is 2. The highest BCUT2D eigenvalue weighted by molar-refractivity contribution is 6.34. The molecule has 1 atom stereocenters. The first kappa shape index (κ1) is 24.6. The SMILES string of the molecule is COC(=O)c1c(Cl)cccc1-c1ccc([C@@H](C)NC(=O)C2(NC(=O)CC(F)(F)F)CC2)cc1. The van der Waals surface area contributed by atoms with E-state index >= 15 is 0 Å². The van der Waals surface area contributed by atoms with E-state index in [1.165, 1.54) is 7.11 Å². The molecule has 1 saturated carbocycles. The van der Waals surface area contributed by atoms with Crippen LogP contribution in [0.25, 0.3) is 11.1 Å². The number of alkyl halides is 3. The number of amides is 2. The molecule has 0 aliphatic heterocycles. The van der Waals surface area contributed by atoms with Gasteiger partial charge in [0.15, 0.2) is 0 Å². The van der Waals surface area contributed by atoms with E-state index in [1.54, 1.807) is 49.4 Å². The molecule has 6 nitrogen and oxygen atoms in total. The van der Waals surface area contributed by atoms with Crippen LogP contribution in [0.2, 0.25) is 5.02 Å². The molecule has 10 heteroatoms. The molecule has 0 unspecified atom stereocenters. The quantitative estimate of drug-likeness (QED) is 0.566. The summed E-state index contributed by atoms with van der Waals surface area (Å²) in [4.78, 5) is 36.4. The molecule has 2 amide bonds. The van der Waals surface area contributed by atoms with Crippen LogP contribution in [0.4, 0.5) is 13.2 Å². The summed E-state index contributed by atoms with van der Waals surface area (Å²) < 4.78 is 42.0. The van der Waals surface area contributed by atoms with Crippen LogP contribution in [0.3, 0.4) is 0 Å². The molecule has 2 N–H and O–H groups in total. The minimum absolute atomic E-state index is 0.237. The Morgan fingerprint density at radius 3 is 2.30 bits per heavy atom. The Balaban J connectivity index is 1.70. The molecule has 0 heterocycles. The van der Waals surface area contributed by atoms with E-state index in [2.05, 4.69) is 10.6 Å². The average Bonchev–Trinajstić information content (AvgIpc) is 3.52. The fourth-order valence-corrected chi connectivity index (χ4v) is 3.72. The minimum atomic E-state index is -4.64. The zero-order valence-electron chi connectivity index (χ0n) is 17.9. The number of ether oxygens (including phenoxy) is 1. The van der Waals surface area contributed by atoms with Gasteiger partial charge in [0.2, 0.25) is 11.8 Å². The van der Waals surface area contributed by atoms with Gasteiger partial charge in [0.05, 0.1) is 23.7 Å². The third kappa shape index (κ3) is 5.84. The predicted molar refractivity (Wildman–Crippen MR) is 116 cm³/mol. The summed E-state index contributed by atoms with van der Waals surface area (Å²) in [5, 5.41) is 5.21. The summed E-state index contributed by atoms with van der Waals surface area (Å²) in [7, 11) is 1.26. The van der Waals surface area contributed by atoms with Crippen molar-refractivity contribution < 1.29 is 32.3 Å². The molecule has 3 rings (SSSR count). The highest BCUT2D eigenvalue weighted by Gasteiger charge is 2.52. The molecule has 0 aromatic heterocycles. The van der Waals surface area contributed by atoms with Crippen LogP contribution in [0, 0.1) is 0 Å². The lowest BCUT2D eigenvalue weighted by atomic mass is 9.97. The fraction of sp³-hybridized carbons (Fsp3) is 0.348. The van der Waals surface area contributed by atoms with Gasteiger partial charge >= 0.3 is 12.1 Å². The van der Waals surface area contributed by atoms with Gasteiger partial charge in [-0.3, -0.25) is 9.59 Å². The van der Waals surface area contributed by atoms with E-state index in [4.69, 9.17) is 16.3 Å². The molecule has 1 fully saturated rings. The van der Waals surface area contributed by atoms with Crippen LogP contribution in [0.15, 0.2) is 42.5 Å². The summed E-state index contributed by atoms with van der Waals surface area (Å²) >= 11 is 6.17. The van der Waals surface area contributed by atoms with Crippen molar-refractivity contribution in [3.8, 4) is 11.1 Å². The first-order valence-corrected chi connectivity index (χ1v) is 10.5. The smallest absolute Gasteiger partial charge is 0.397 e. The number of rotatable bonds is 7. The molecule has 1 aliphatic rings. The second-order valence-corrected chi connectivity index (χ2v) is 8.30. The second kappa shape index (κ2) is 9.43. The topological polar surface area (TPSA) is 84.5 Å². The highest BCUT2D eigenvalue weighted by atomic mass is 35.5. The molecule has 0 radical (unpaired) electrons. The monoisotopic (exact) mass is 482 g/mol. The van der Waals surface area contributed by atoms with Gasteiger partial charge in [-0.25, -0.2) is 4.79 Å². The lowest BCUT2D eigenvalue weighted by molar-refractivity contribution is -0.155. The van der Waals surface area contributed by atoms with Crippen molar-refractivity contribution in [2.24, 2.45) is 0 Å². The summed E-state index contributed by atoms with van der Waals surface area (Å²) in [6.45, 7) is 1.72. The Hall–Kier alpha value is -3.07.